The van der Waals surface area contributed by atoms with Gasteiger partial charge in [0.15, 0.2) is 5.76 Å². The minimum atomic E-state index is 0.0798. The van der Waals surface area contributed by atoms with Crippen LogP contribution < -0.4 is 5.32 Å². The standard InChI is InChI=1S/C15H23NO3/c1-3-4-5-6-15(18)16-11-12-7-9-13(17)14(19-2)10-8-12/h7-9,17H,3-6,10-11H2,1-2H3,(H,16,18). The second kappa shape index (κ2) is 8.40. The lowest BCUT2D eigenvalue weighted by atomic mass is 10.2. The normalized spacial score (nSPS) is 14.9. The number of unbranched alkanes of at least 4 members (excludes halogenated alkanes) is 2. The molecule has 0 unspecified atom stereocenters. The van der Waals surface area contributed by atoms with Crippen molar-refractivity contribution in [1.29, 1.82) is 0 Å². The number of ether oxygens (including phenoxy) is 1. The molecule has 0 spiro atoms. The molecule has 2 N–H and O–H groups in total. The zero-order chi connectivity index (χ0) is 14.1. The van der Waals surface area contributed by atoms with Crippen LogP contribution >= 0.6 is 0 Å². The number of hydrogen-bond acceptors (Lipinski definition) is 3. The Labute approximate surface area is 114 Å². The summed E-state index contributed by atoms with van der Waals surface area (Å²) in [7, 11) is 1.54. The van der Waals surface area contributed by atoms with Crippen LogP contribution in [0, 0.1) is 0 Å². The molecule has 0 fully saturated rings. The van der Waals surface area contributed by atoms with Crippen LogP contribution in [0.15, 0.2) is 35.3 Å². The monoisotopic (exact) mass is 265 g/mol. The van der Waals surface area contributed by atoms with E-state index in [4.69, 9.17) is 4.74 Å². The maximum absolute atomic E-state index is 11.6. The molecule has 0 aliphatic heterocycles. The zero-order valence-corrected chi connectivity index (χ0v) is 11.7. The minimum absolute atomic E-state index is 0.0798. The van der Waals surface area contributed by atoms with E-state index in [1.807, 2.05) is 6.08 Å². The molecule has 0 saturated carbocycles. The van der Waals surface area contributed by atoms with Gasteiger partial charge in [0, 0.05) is 19.4 Å². The summed E-state index contributed by atoms with van der Waals surface area (Å²) in [5.41, 5.74) is 0.974. The fraction of sp³-hybridized carbons (Fsp3) is 0.533. The summed E-state index contributed by atoms with van der Waals surface area (Å²) in [6.45, 7) is 2.61. The van der Waals surface area contributed by atoms with E-state index in [0.29, 0.717) is 25.1 Å². The molecule has 0 bridgehead atoms. The summed E-state index contributed by atoms with van der Waals surface area (Å²) in [4.78, 5) is 11.6. The lowest BCUT2D eigenvalue weighted by Crippen LogP contribution is -2.24. The number of nitrogens with one attached hydrogen (secondary N) is 1. The summed E-state index contributed by atoms with van der Waals surface area (Å²) in [5.74, 6) is 0.764. The fourth-order valence-electron chi connectivity index (χ4n) is 1.82. The second-order valence-electron chi connectivity index (χ2n) is 4.56. The summed E-state index contributed by atoms with van der Waals surface area (Å²) in [5, 5.41) is 12.5. The molecule has 0 atom stereocenters. The predicted molar refractivity (Wildman–Crippen MR) is 75.7 cm³/mol. The number of carbonyl (C=O) groups is 1. The molecular formula is C15H23NO3. The summed E-state index contributed by atoms with van der Waals surface area (Å²) < 4.78 is 5.07. The maximum Gasteiger partial charge on any atom is 0.220 e. The number of aliphatic hydroxyl groups excluding tert-OH is 1. The van der Waals surface area contributed by atoms with Gasteiger partial charge in [-0.25, -0.2) is 0 Å². The van der Waals surface area contributed by atoms with Crippen LogP contribution in [-0.4, -0.2) is 24.7 Å². The first-order chi connectivity index (χ1) is 9.17. The van der Waals surface area contributed by atoms with Crippen molar-refractivity contribution in [1.82, 2.24) is 5.32 Å². The van der Waals surface area contributed by atoms with Crippen LogP contribution in [0.4, 0.5) is 0 Å². The van der Waals surface area contributed by atoms with Crippen LogP contribution in [0.5, 0.6) is 0 Å². The highest BCUT2D eigenvalue weighted by Crippen LogP contribution is 2.16. The molecule has 0 heterocycles. The number of rotatable bonds is 7. The third-order valence-electron chi connectivity index (χ3n) is 3.03. The van der Waals surface area contributed by atoms with Gasteiger partial charge in [-0.1, -0.05) is 31.9 Å². The molecular weight excluding hydrogens is 242 g/mol. The minimum Gasteiger partial charge on any atom is -0.504 e. The van der Waals surface area contributed by atoms with Crippen LogP contribution in [0.1, 0.15) is 39.0 Å². The highest BCUT2D eigenvalue weighted by atomic mass is 16.5. The van der Waals surface area contributed by atoms with E-state index >= 15 is 0 Å². The molecule has 0 aromatic heterocycles. The predicted octanol–water partition coefficient (Wildman–Crippen LogP) is 2.99. The number of allylic oxidation sites excluding steroid dienone is 2. The average Bonchev–Trinajstić information content (AvgIpc) is 2.58. The maximum atomic E-state index is 11.6. The van der Waals surface area contributed by atoms with Gasteiger partial charge in [0.25, 0.3) is 0 Å². The van der Waals surface area contributed by atoms with E-state index in [-0.39, 0.29) is 11.7 Å². The zero-order valence-electron chi connectivity index (χ0n) is 11.7. The smallest absolute Gasteiger partial charge is 0.220 e. The highest BCUT2D eigenvalue weighted by molar-refractivity contribution is 5.76. The van der Waals surface area contributed by atoms with Gasteiger partial charge in [0.1, 0.15) is 5.76 Å². The Kier molecular flexibility index (Phi) is 6.79. The van der Waals surface area contributed by atoms with E-state index in [0.717, 1.165) is 24.8 Å². The second-order valence-corrected chi connectivity index (χ2v) is 4.56. The SMILES string of the molecule is CCCCCC(=O)NCC1=CCC(OC)=C(O)C=C1. The van der Waals surface area contributed by atoms with Crippen molar-refractivity contribution in [3.8, 4) is 0 Å². The fourth-order valence-corrected chi connectivity index (χ4v) is 1.82. The van der Waals surface area contributed by atoms with Gasteiger partial charge in [0.2, 0.25) is 5.91 Å². The van der Waals surface area contributed by atoms with Crippen molar-refractivity contribution in [3.63, 3.8) is 0 Å². The van der Waals surface area contributed by atoms with Gasteiger partial charge in [-0.05, 0) is 18.1 Å². The topological polar surface area (TPSA) is 58.6 Å². The Bertz CT molecular complexity index is 394. The van der Waals surface area contributed by atoms with Crippen molar-refractivity contribution in [2.75, 3.05) is 13.7 Å². The van der Waals surface area contributed by atoms with Gasteiger partial charge < -0.3 is 15.2 Å². The van der Waals surface area contributed by atoms with E-state index in [2.05, 4.69) is 12.2 Å². The lowest BCUT2D eigenvalue weighted by molar-refractivity contribution is -0.121. The third-order valence-corrected chi connectivity index (χ3v) is 3.03. The number of amides is 1. The quantitative estimate of drug-likeness (QED) is 0.696. The molecule has 0 aromatic rings. The first-order valence-electron chi connectivity index (χ1n) is 6.77. The molecule has 0 radical (unpaired) electrons. The van der Waals surface area contributed by atoms with Crippen LogP contribution in [0.25, 0.3) is 0 Å². The van der Waals surface area contributed by atoms with E-state index < -0.39 is 0 Å². The summed E-state index contributed by atoms with van der Waals surface area (Å²) in [6, 6.07) is 0. The Hall–Kier alpha value is -1.71. The molecule has 0 saturated heterocycles. The highest BCUT2D eigenvalue weighted by Gasteiger charge is 2.07. The van der Waals surface area contributed by atoms with Crippen molar-refractivity contribution in [3.05, 3.63) is 35.3 Å². The van der Waals surface area contributed by atoms with Crippen molar-refractivity contribution in [2.24, 2.45) is 0 Å². The molecule has 1 aliphatic rings. The van der Waals surface area contributed by atoms with Gasteiger partial charge in [-0.2, -0.15) is 0 Å². The molecule has 1 aliphatic carbocycles. The number of carbonyl (C=O) groups excluding carboxylic acids is 1. The van der Waals surface area contributed by atoms with E-state index in [9.17, 15) is 9.90 Å². The Balaban J connectivity index is 2.37. The molecule has 1 amide bonds. The van der Waals surface area contributed by atoms with Crippen LogP contribution in [0.2, 0.25) is 0 Å². The number of aliphatic hydroxyl groups is 1. The van der Waals surface area contributed by atoms with Gasteiger partial charge in [-0.3, -0.25) is 4.79 Å². The van der Waals surface area contributed by atoms with E-state index in [1.165, 1.54) is 7.11 Å². The Morgan fingerprint density at radius 3 is 2.89 bits per heavy atom. The molecule has 0 aromatic carbocycles. The van der Waals surface area contributed by atoms with Crippen LogP contribution in [-0.2, 0) is 9.53 Å². The van der Waals surface area contributed by atoms with Gasteiger partial charge >= 0.3 is 0 Å². The third kappa shape index (κ3) is 5.64. The number of hydrogen-bond donors (Lipinski definition) is 2. The van der Waals surface area contributed by atoms with Gasteiger partial charge in [-0.15, -0.1) is 0 Å². The summed E-state index contributed by atoms with van der Waals surface area (Å²) >= 11 is 0. The van der Waals surface area contributed by atoms with Gasteiger partial charge in [0.05, 0.1) is 7.11 Å². The summed E-state index contributed by atoms with van der Waals surface area (Å²) in [6.07, 6.45) is 9.61. The first kappa shape index (κ1) is 15.3. The molecule has 106 valence electrons. The molecule has 4 nitrogen and oxygen atoms in total. The molecule has 1 rings (SSSR count). The lowest BCUT2D eigenvalue weighted by Gasteiger charge is -2.05. The van der Waals surface area contributed by atoms with Crippen molar-refractivity contribution >= 4 is 5.91 Å². The molecule has 19 heavy (non-hydrogen) atoms. The Morgan fingerprint density at radius 2 is 2.21 bits per heavy atom. The molecule has 4 heteroatoms. The van der Waals surface area contributed by atoms with Crippen molar-refractivity contribution < 1.29 is 14.6 Å². The largest absolute Gasteiger partial charge is 0.504 e. The number of methoxy groups -OCH3 is 1. The van der Waals surface area contributed by atoms with Crippen LogP contribution in [0.3, 0.4) is 0 Å². The first-order valence-corrected chi connectivity index (χ1v) is 6.77. The van der Waals surface area contributed by atoms with Crippen molar-refractivity contribution in [2.45, 2.75) is 39.0 Å². The average molecular weight is 265 g/mol. The van der Waals surface area contributed by atoms with E-state index in [1.54, 1.807) is 12.2 Å². The Morgan fingerprint density at radius 1 is 1.42 bits per heavy atom.